The van der Waals surface area contributed by atoms with Gasteiger partial charge in [-0.25, -0.2) is 8.42 Å². The summed E-state index contributed by atoms with van der Waals surface area (Å²) in [6.45, 7) is 0.656. The Kier molecular flexibility index (Phi) is 5.34. The molecule has 0 aromatic heterocycles. The Morgan fingerprint density at radius 2 is 1.82 bits per heavy atom. The molecule has 0 atom stereocenters. The number of halogens is 3. The molecule has 96 valence electrons. The quantitative estimate of drug-likeness (QED) is 0.618. The van der Waals surface area contributed by atoms with Crippen molar-refractivity contribution in [3.8, 4) is 5.75 Å². The van der Waals surface area contributed by atoms with Crippen LogP contribution in [0, 0.1) is 0 Å². The molecule has 0 aliphatic heterocycles. The molecule has 1 rings (SSSR count). The molecular formula is C9H9Cl3O4S. The molecule has 1 aromatic rings. The first-order chi connectivity index (χ1) is 7.86. The van der Waals surface area contributed by atoms with Gasteiger partial charge in [-0.2, -0.15) is 0 Å². The van der Waals surface area contributed by atoms with Crippen LogP contribution in [0.1, 0.15) is 0 Å². The largest absolute Gasteiger partial charge is 0.490 e. The van der Waals surface area contributed by atoms with E-state index in [1.807, 2.05) is 0 Å². The van der Waals surface area contributed by atoms with Gasteiger partial charge in [-0.1, -0.05) is 23.2 Å². The van der Waals surface area contributed by atoms with Crippen molar-refractivity contribution in [2.75, 3.05) is 20.3 Å². The van der Waals surface area contributed by atoms with Gasteiger partial charge in [0.15, 0.2) is 0 Å². The van der Waals surface area contributed by atoms with Crippen molar-refractivity contribution in [1.29, 1.82) is 0 Å². The Morgan fingerprint density at radius 1 is 1.18 bits per heavy atom. The molecule has 0 saturated carbocycles. The lowest BCUT2D eigenvalue weighted by molar-refractivity contribution is 0.146. The highest BCUT2D eigenvalue weighted by atomic mass is 35.7. The summed E-state index contributed by atoms with van der Waals surface area (Å²) < 4.78 is 32.3. The third-order valence-corrected chi connectivity index (χ3v) is 3.88. The number of hydrogen-bond acceptors (Lipinski definition) is 4. The highest BCUT2D eigenvalue weighted by Crippen LogP contribution is 2.34. The van der Waals surface area contributed by atoms with E-state index in [2.05, 4.69) is 0 Å². The molecule has 0 N–H and O–H groups in total. The minimum atomic E-state index is -3.92. The summed E-state index contributed by atoms with van der Waals surface area (Å²) in [7, 11) is 2.79. The number of ether oxygens (including phenoxy) is 2. The summed E-state index contributed by atoms with van der Waals surface area (Å²) in [5, 5.41) is 0.0709. The molecule has 1 aromatic carbocycles. The average molecular weight is 320 g/mol. The van der Waals surface area contributed by atoms with Crippen LogP contribution in [0.4, 0.5) is 0 Å². The van der Waals surface area contributed by atoms with Crippen LogP contribution < -0.4 is 4.74 Å². The second-order valence-electron chi connectivity index (χ2n) is 2.99. The zero-order chi connectivity index (χ0) is 13.1. The van der Waals surface area contributed by atoms with E-state index in [-0.39, 0.29) is 27.3 Å². The minimum Gasteiger partial charge on any atom is -0.490 e. The smallest absolute Gasteiger partial charge is 0.262 e. The highest BCUT2D eigenvalue weighted by Gasteiger charge is 2.18. The van der Waals surface area contributed by atoms with Gasteiger partial charge in [-0.15, -0.1) is 0 Å². The van der Waals surface area contributed by atoms with Crippen LogP contribution in [0.25, 0.3) is 0 Å². The molecule has 8 heteroatoms. The first-order valence-electron chi connectivity index (χ1n) is 4.41. The summed E-state index contributed by atoms with van der Waals surface area (Å²) in [5.41, 5.74) is 0. The second-order valence-corrected chi connectivity index (χ2v) is 6.34. The van der Waals surface area contributed by atoms with Crippen LogP contribution in [-0.4, -0.2) is 28.7 Å². The number of benzene rings is 1. The third kappa shape index (κ3) is 4.19. The summed E-state index contributed by atoms with van der Waals surface area (Å²) in [6, 6.07) is 2.45. The van der Waals surface area contributed by atoms with Gasteiger partial charge in [0.25, 0.3) is 9.05 Å². The standard InChI is InChI=1S/C9H9Cl3O4S/c1-15-2-3-16-8-4-7(11)9(5-6(8)10)17(12,13)14/h4-5H,2-3H2,1H3. The predicted octanol–water partition coefficient (Wildman–Crippen LogP) is 2.95. The molecule has 0 unspecified atom stereocenters. The fourth-order valence-corrected chi connectivity index (χ4v) is 2.84. The monoisotopic (exact) mass is 318 g/mol. The van der Waals surface area contributed by atoms with Gasteiger partial charge in [-0.3, -0.25) is 0 Å². The maximum absolute atomic E-state index is 11.1. The lowest BCUT2D eigenvalue weighted by atomic mass is 10.3. The lowest BCUT2D eigenvalue weighted by Crippen LogP contribution is -2.05. The van der Waals surface area contributed by atoms with Crippen LogP contribution in [-0.2, 0) is 13.8 Å². The topological polar surface area (TPSA) is 52.6 Å². The van der Waals surface area contributed by atoms with Crippen molar-refractivity contribution in [3.63, 3.8) is 0 Å². The number of rotatable bonds is 5. The first-order valence-corrected chi connectivity index (χ1v) is 7.48. The summed E-state index contributed by atoms with van der Waals surface area (Å²) in [4.78, 5) is -0.245. The Labute approximate surface area is 114 Å². The maximum Gasteiger partial charge on any atom is 0.262 e. The summed E-state index contributed by atoms with van der Waals surface area (Å²) >= 11 is 11.6. The van der Waals surface area contributed by atoms with Gasteiger partial charge in [0.2, 0.25) is 0 Å². The molecule has 0 aliphatic rings. The molecule has 0 spiro atoms. The Hall–Kier alpha value is -0.200. The Balaban J connectivity index is 3.02. The van der Waals surface area contributed by atoms with Gasteiger partial charge in [0, 0.05) is 23.9 Å². The van der Waals surface area contributed by atoms with Crippen LogP contribution in [0.5, 0.6) is 5.75 Å². The van der Waals surface area contributed by atoms with Crippen LogP contribution >= 0.6 is 33.9 Å². The second kappa shape index (κ2) is 6.11. The molecule has 0 heterocycles. The molecule has 0 amide bonds. The average Bonchev–Trinajstić information content (AvgIpc) is 2.21. The van der Waals surface area contributed by atoms with E-state index in [1.165, 1.54) is 13.2 Å². The molecule has 17 heavy (non-hydrogen) atoms. The van der Waals surface area contributed by atoms with Crippen molar-refractivity contribution >= 4 is 42.9 Å². The zero-order valence-corrected chi connectivity index (χ0v) is 11.8. The minimum absolute atomic E-state index is 0.0446. The van der Waals surface area contributed by atoms with Gasteiger partial charge >= 0.3 is 0 Å². The van der Waals surface area contributed by atoms with E-state index in [0.717, 1.165) is 6.07 Å². The number of hydrogen-bond donors (Lipinski definition) is 0. The van der Waals surface area contributed by atoms with E-state index in [0.29, 0.717) is 6.61 Å². The van der Waals surface area contributed by atoms with E-state index < -0.39 is 9.05 Å². The van der Waals surface area contributed by atoms with E-state index in [1.54, 1.807) is 0 Å². The highest BCUT2D eigenvalue weighted by molar-refractivity contribution is 8.13. The van der Waals surface area contributed by atoms with Crippen LogP contribution in [0.2, 0.25) is 10.0 Å². The lowest BCUT2D eigenvalue weighted by Gasteiger charge is -2.09. The molecule has 0 bridgehead atoms. The van der Waals surface area contributed by atoms with Gasteiger partial charge in [-0.05, 0) is 6.07 Å². The fraction of sp³-hybridized carbons (Fsp3) is 0.333. The third-order valence-electron chi connectivity index (χ3n) is 1.79. The van der Waals surface area contributed by atoms with E-state index >= 15 is 0 Å². The van der Waals surface area contributed by atoms with Gasteiger partial charge in [0.1, 0.15) is 17.3 Å². The molecule has 0 fully saturated rings. The molecular weight excluding hydrogens is 311 g/mol. The molecule has 0 radical (unpaired) electrons. The van der Waals surface area contributed by atoms with Gasteiger partial charge in [0.05, 0.1) is 16.7 Å². The van der Waals surface area contributed by atoms with Crippen molar-refractivity contribution in [3.05, 3.63) is 22.2 Å². The molecule has 0 saturated heterocycles. The zero-order valence-electron chi connectivity index (χ0n) is 8.74. The Morgan fingerprint density at radius 3 is 2.35 bits per heavy atom. The van der Waals surface area contributed by atoms with E-state index in [4.69, 9.17) is 43.4 Å². The predicted molar refractivity (Wildman–Crippen MR) is 66.9 cm³/mol. The summed E-state index contributed by atoms with van der Waals surface area (Å²) in [6.07, 6.45) is 0. The van der Waals surface area contributed by atoms with Crippen molar-refractivity contribution in [2.45, 2.75) is 4.90 Å². The van der Waals surface area contributed by atoms with Crippen molar-refractivity contribution in [2.24, 2.45) is 0 Å². The maximum atomic E-state index is 11.1. The Bertz CT molecular complexity index is 501. The van der Waals surface area contributed by atoms with Gasteiger partial charge < -0.3 is 9.47 Å². The number of methoxy groups -OCH3 is 1. The van der Waals surface area contributed by atoms with Crippen molar-refractivity contribution < 1.29 is 17.9 Å². The fourth-order valence-electron chi connectivity index (χ4n) is 1.04. The summed E-state index contributed by atoms with van der Waals surface area (Å²) in [5.74, 6) is 0.276. The van der Waals surface area contributed by atoms with E-state index in [9.17, 15) is 8.42 Å². The SMILES string of the molecule is COCCOc1cc(Cl)c(S(=O)(=O)Cl)cc1Cl. The normalized spacial score (nSPS) is 11.5. The first kappa shape index (κ1) is 14.9. The van der Waals surface area contributed by atoms with Crippen LogP contribution in [0.15, 0.2) is 17.0 Å². The molecule has 4 nitrogen and oxygen atoms in total. The van der Waals surface area contributed by atoms with Crippen molar-refractivity contribution in [1.82, 2.24) is 0 Å². The van der Waals surface area contributed by atoms with Crippen LogP contribution in [0.3, 0.4) is 0 Å². The molecule has 0 aliphatic carbocycles.